The first kappa shape index (κ1) is 17.9. The van der Waals surface area contributed by atoms with E-state index < -0.39 is 0 Å². The molecule has 1 aromatic carbocycles. The SMILES string of the molecule is O=C(C1CC(O)C1)N1CCCC2(CCCN2Cc2ccc(F)cc2)CC1. The van der Waals surface area contributed by atoms with E-state index in [1.54, 1.807) is 12.1 Å². The van der Waals surface area contributed by atoms with Gasteiger partial charge in [-0.1, -0.05) is 12.1 Å². The predicted molar refractivity (Wildman–Crippen MR) is 97.9 cm³/mol. The summed E-state index contributed by atoms with van der Waals surface area (Å²) in [5.41, 5.74) is 1.34. The van der Waals surface area contributed by atoms with Gasteiger partial charge in [-0.05, 0) is 69.2 Å². The van der Waals surface area contributed by atoms with Crippen LogP contribution in [0.2, 0.25) is 0 Å². The summed E-state index contributed by atoms with van der Waals surface area (Å²) in [5, 5.41) is 9.48. The van der Waals surface area contributed by atoms with Crippen LogP contribution in [0, 0.1) is 11.7 Å². The van der Waals surface area contributed by atoms with Crippen LogP contribution in [-0.2, 0) is 11.3 Å². The molecule has 1 aliphatic carbocycles. The lowest BCUT2D eigenvalue weighted by molar-refractivity contribution is -0.142. The Bertz CT molecular complexity index is 644. The molecule has 1 unspecified atom stereocenters. The molecule has 3 fully saturated rings. The average molecular weight is 360 g/mol. The van der Waals surface area contributed by atoms with Gasteiger partial charge in [0, 0.05) is 31.1 Å². The van der Waals surface area contributed by atoms with E-state index >= 15 is 0 Å². The highest BCUT2D eigenvalue weighted by Gasteiger charge is 2.43. The maximum Gasteiger partial charge on any atom is 0.225 e. The van der Waals surface area contributed by atoms with Crippen molar-refractivity contribution in [2.45, 2.75) is 63.1 Å². The van der Waals surface area contributed by atoms with Gasteiger partial charge in [-0.25, -0.2) is 4.39 Å². The molecule has 1 aromatic rings. The number of hydrogen-bond acceptors (Lipinski definition) is 3. The second-order valence-electron chi connectivity index (χ2n) is 8.38. The summed E-state index contributed by atoms with van der Waals surface area (Å²) in [6.07, 6.45) is 6.58. The molecule has 2 aliphatic heterocycles. The van der Waals surface area contributed by atoms with Crippen molar-refractivity contribution < 1.29 is 14.3 Å². The smallest absolute Gasteiger partial charge is 0.225 e. The number of carbonyl (C=O) groups excluding carboxylic acids is 1. The number of nitrogens with zero attached hydrogens (tertiary/aromatic N) is 2. The van der Waals surface area contributed by atoms with E-state index in [2.05, 4.69) is 4.90 Å². The number of amides is 1. The Hall–Kier alpha value is -1.46. The normalized spacial score (nSPS) is 32.5. The monoisotopic (exact) mass is 360 g/mol. The van der Waals surface area contributed by atoms with Gasteiger partial charge >= 0.3 is 0 Å². The fourth-order valence-corrected chi connectivity index (χ4v) is 5.06. The summed E-state index contributed by atoms with van der Waals surface area (Å²) in [6.45, 7) is 3.62. The summed E-state index contributed by atoms with van der Waals surface area (Å²) in [7, 11) is 0. The molecular formula is C21H29FN2O2. The standard InChI is InChI=1S/C21H29FN2O2/c22-18-5-3-16(4-6-18)15-24-11-2-8-21(24)7-1-10-23(12-9-21)20(26)17-13-19(25)14-17/h3-6,17,19,25H,1-2,7-15H2. The van der Waals surface area contributed by atoms with Gasteiger partial charge in [0.15, 0.2) is 0 Å². The highest BCUT2D eigenvalue weighted by Crippen LogP contribution is 2.40. The van der Waals surface area contributed by atoms with E-state index in [-0.39, 0.29) is 29.3 Å². The number of rotatable bonds is 3. The molecule has 1 spiro atoms. The van der Waals surface area contributed by atoms with E-state index in [1.807, 2.05) is 17.0 Å². The summed E-state index contributed by atoms with van der Waals surface area (Å²) >= 11 is 0. The van der Waals surface area contributed by atoms with E-state index in [0.717, 1.165) is 51.0 Å². The van der Waals surface area contributed by atoms with Crippen molar-refractivity contribution in [2.24, 2.45) is 5.92 Å². The number of hydrogen-bond donors (Lipinski definition) is 1. The van der Waals surface area contributed by atoms with Crippen LogP contribution in [0.25, 0.3) is 0 Å². The second-order valence-corrected chi connectivity index (χ2v) is 8.38. The van der Waals surface area contributed by atoms with Crippen molar-refractivity contribution in [1.29, 1.82) is 0 Å². The zero-order valence-corrected chi connectivity index (χ0v) is 15.4. The largest absolute Gasteiger partial charge is 0.393 e. The number of halogens is 1. The number of aliphatic hydroxyl groups is 1. The minimum atomic E-state index is -0.275. The maximum absolute atomic E-state index is 13.2. The average Bonchev–Trinajstić information content (AvgIpc) is 2.85. The van der Waals surface area contributed by atoms with Crippen molar-refractivity contribution in [3.8, 4) is 0 Å². The molecular weight excluding hydrogens is 331 g/mol. The van der Waals surface area contributed by atoms with E-state index in [4.69, 9.17) is 0 Å². The summed E-state index contributed by atoms with van der Waals surface area (Å²) in [6, 6.07) is 6.85. The quantitative estimate of drug-likeness (QED) is 0.901. The molecule has 26 heavy (non-hydrogen) atoms. The molecule has 5 heteroatoms. The van der Waals surface area contributed by atoms with Gasteiger partial charge in [-0.3, -0.25) is 9.69 Å². The van der Waals surface area contributed by atoms with Crippen molar-refractivity contribution >= 4 is 5.91 Å². The summed E-state index contributed by atoms with van der Waals surface area (Å²) < 4.78 is 13.2. The first-order valence-corrected chi connectivity index (χ1v) is 10.0. The molecule has 1 saturated carbocycles. The maximum atomic E-state index is 13.2. The molecule has 0 aromatic heterocycles. The Kier molecular flexibility index (Phi) is 5.02. The molecule has 0 radical (unpaired) electrons. The highest BCUT2D eigenvalue weighted by molar-refractivity contribution is 5.79. The molecule has 142 valence electrons. The van der Waals surface area contributed by atoms with Gasteiger partial charge in [-0.15, -0.1) is 0 Å². The third kappa shape index (κ3) is 3.52. The Morgan fingerprint density at radius 2 is 1.77 bits per heavy atom. The van der Waals surface area contributed by atoms with E-state index in [0.29, 0.717) is 12.8 Å². The van der Waals surface area contributed by atoms with Crippen LogP contribution >= 0.6 is 0 Å². The van der Waals surface area contributed by atoms with Crippen molar-refractivity contribution in [2.75, 3.05) is 19.6 Å². The topological polar surface area (TPSA) is 43.8 Å². The van der Waals surface area contributed by atoms with Crippen LogP contribution in [0.4, 0.5) is 4.39 Å². The second kappa shape index (κ2) is 7.28. The number of likely N-dealkylation sites (tertiary alicyclic amines) is 2. The number of benzene rings is 1. The molecule has 2 heterocycles. The molecule has 3 aliphatic rings. The van der Waals surface area contributed by atoms with Crippen LogP contribution in [-0.4, -0.2) is 52.1 Å². The fourth-order valence-electron chi connectivity index (χ4n) is 5.06. The van der Waals surface area contributed by atoms with Crippen LogP contribution in [0.15, 0.2) is 24.3 Å². The van der Waals surface area contributed by atoms with Gasteiger partial charge < -0.3 is 10.0 Å². The Labute approximate surface area is 155 Å². The van der Waals surface area contributed by atoms with Gasteiger partial charge in [0.25, 0.3) is 0 Å². The summed E-state index contributed by atoms with van der Waals surface area (Å²) in [4.78, 5) is 17.3. The first-order valence-electron chi connectivity index (χ1n) is 10.0. The van der Waals surface area contributed by atoms with Gasteiger partial charge in [0.2, 0.25) is 5.91 Å². The zero-order chi connectivity index (χ0) is 18.1. The van der Waals surface area contributed by atoms with Crippen molar-refractivity contribution in [3.63, 3.8) is 0 Å². The Morgan fingerprint density at radius 3 is 2.46 bits per heavy atom. The fraction of sp³-hybridized carbons (Fsp3) is 0.667. The lowest BCUT2D eigenvalue weighted by atomic mass is 9.81. The minimum Gasteiger partial charge on any atom is -0.393 e. The zero-order valence-electron chi connectivity index (χ0n) is 15.4. The minimum absolute atomic E-state index is 0.0398. The molecule has 2 saturated heterocycles. The van der Waals surface area contributed by atoms with E-state index in [1.165, 1.54) is 12.8 Å². The molecule has 1 atom stereocenters. The van der Waals surface area contributed by atoms with Crippen LogP contribution in [0.5, 0.6) is 0 Å². The van der Waals surface area contributed by atoms with Gasteiger partial charge in [0.05, 0.1) is 6.10 Å². The Balaban J connectivity index is 1.40. The summed E-state index contributed by atoms with van der Waals surface area (Å²) in [5.74, 6) is 0.1000. The molecule has 0 bridgehead atoms. The third-order valence-corrected chi connectivity index (χ3v) is 6.72. The van der Waals surface area contributed by atoms with Crippen LogP contribution in [0.1, 0.15) is 50.5 Å². The predicted octanol–water partition coefficient (Wildman–Crippen LogP) is 2.94. The van der Waals surface area contributed by atoms with Gasteiger partial charge in [0.1, 0.15) is 5.82 Å². The molecule has 1 N–H and O–H groups in total. The Morgan fingerprint density at radius 1 is 1.08 bits per heavy atom. The first-order chi connectivity index (χ1) is 12.6. The van der Waals surface area contributed by atoms with Crippen LogP contribution < -0.4 is 0 Å². The number of aliphatic hydroxyl groups excluding tert-OH is 1. The van der Waals surface area contributed by atoms with Crippen molar-refractivity contribution in [1.82, 2.24) is 9.80 Å². The molecule has 4 rings (SSSR count). The lowest BCUT2D eigenvalue weighted by Crippen LogP contribution is -2.46. The highest BCUT2D eigenvalue weighted by atomic mass is 19.1. The number of carbonyl (C=O) groups is 1. The molecule has 4 nitrogen and oxygen atoms in total. The third-order valence-electron chi connectivity index (χ3n) is 6.72. The lowest BCUT2D eigenvalue weighted by Gasteiger charge is -2.39. The van der Waals surface area contributed by atoms with Gasteiger partial charge in [-0.2, -0.15) is 0 Å². The molecule has 1 amide bonds. The van der Waals surface area contributed by atoms with Crippen molar-refractivity contribution in [3.05, 3.63) is 35.6 Å². The van der Waals surface area contributed by atoms with E-state index in [9.17, 15) is 14.3 Å². The van der Waals surface area contributed by atoms with Crippen LogP contribution in [0.3, 0.4) is 0 Å².